The quantitative estimate of drug-likeness (QED) is 0.752. The Morgan fingerprint density at radius 3 is 2.36 bits per heavy atom. The average Bonchev–Trinajstić information content (AvgIpc) is 2.43. The van der Waals surface area contributed by atoms with Crippen LogP contribution >= 0.6 is 0 Å². The van der Waals surface area contributed by atoms with Crippen molar-refractivity contribution in [3.05, 3.63) is 12.7 Å². The van der Waals surface area contributed by atoms with E-state index in [-0.39, 0.29) is 24.4 Å². The van der Waals surface area contributed by atoms with E-state index < -0.39 is 11.7 Å². The minimum Gasteiger partial charge on any atom is -0.444 e. The molecule has 1 saturated heterocycles. The summed E-state index contributed by atoms with van der Waals surface area (Å²) in [5.41, 5.74) is -0.588. The van der Waals surface area contributed by atoms with Crippen LogP contribution < -0.4 is 10.6 Å². The van der Waals surface area contributed by atoms with E-state index in [0.717, 1.165) is 0 Å². The second kappa shape index (κ2) is 7.82. The molecule has 0 saturated carbocycles. The van der Waals surface area contributed by atoms with Gasteiger partial charge in [0.05, 0.1) is 0 Å². The fourth-order valence-corrected chi connectivity index (χ4v) is 2.11. The Kier molecular flexibility index (Phi) is 6.39. The van der Waals surface area contributed by atoms with Gasteiger partial charge in [-0.2, -0.15) is 0 Å². The summed E-state index contributed by atoms with van der Waals surface area (Å²) in [6.45, 7) is 9.71. The SMILES string of the molecule is C=CC(=O)NC1CCN(C(=O)CNC(=O)OC(C)(C)C)CC1. The van der Waals surface area contributed by atoms with E-state index in [2.05, 4.69) is 17.2 Å². The molecule has 3 amide bonds. The zero-order valence-corrected chi connectivity index (χ0v) is 13.5. The van der Waals surface area contributed by atoms with Gasteiger partial charge in [-0.3, -0.25) is 9.59 Å². The maximum absolute atomic E-state index is 12.0. The van der Waals surface area contributed by atoms with E-state index in [9.17, 15) is 14.4 Å². The van der Waals surface area contributed by atoms with E-state index in [1.54, 1.807) is 25.7 Å². The first-order valence-corrected chi connectivity index (χ1v) is 7.39. The van der Waals surface area contributed by atoms with Gasteiger partial charge in [0, 0.05) is 19.1 Å². The maximum atomic E-state index is 12.0. The highest BCUT2D eigenvalue weighted by atomic mass is 16.6. The van der Waals surface area contributed by atoms with Crippen molar-refractivity contribution in [3.8, 4) is 0 Å². The Hall–Kier alpha value is -2.05. The number of hydrogen-bond donors (Lipinski definition) is 2. The minimum atomic E-state index is -0.603. The highest BCUT2D eigenvalue weighted by Gasteiger charge is 2.24. The number of nitrogens with zero attached hydrogens (tertiary/aromatic N) is 1. The van der Waals surface area contributed by atoms with Crippen LogP contribution in [0.4, 0.5) is 4.79 Å². The van der Waals surface area contributed by atoms with Crippen LogP contribution in [0.5, 0.6) is 0 Å². The summed E-state index contributed by atoms with van der Waals surface area (Å²) < 4.78 is 5.07. The molecule has 1 heterocycles. The lowest BCUT2D eigenvalue weighted by Gasteiger charge is -2.32. The largest absolute Gasteiger partial charge is 0.444 e. The van der Waals surface area contributed by atoms with Crippen LogP contribution in [0.1, 0.15) is 33.6 Å². The predicted octanol–water partition coefficient (Wildman–Crippen LogP) is 0.804. The molecule has 0 aromatic carbocycles. The third-order valence-electron chi connectivity index (χ3n) is 3.16. The van der Waals surface area contributed by atoms with E-state index in [0.29, 0.717) is 25.9 Å². The van der Waals surface area contributed by atoms with Crippen molar-refractivity contribution in [3.63, 3.8) is 0 Å². The van der Waals surface area contributed by atoms with Crippen molar-refractivity contribution in [2.75, 3.05) is 19.6 Å². The Morgan fingerprint density at radius 1 is 1.27 bits per heavy atom. The number of carbonyl (C=O) groups is 3. The highest BCUT2D eigenvalue weighted by Crippen LogP contribution is 2.10. The Bertz CT molecular complexity index is 435. The zero-order valence-electron chi connectivity index (χ0n) is 13.5. The monoisotopic (exact) mass is 311 g/mol. The third-order valence-corrected chi connectivity index (χ3v) is 3.16. The lowest BCUT2D eigenvalue weighted by molar-refractivity contribution is -0.131. The molecule has 1 rings (SSSR count). The van der Waals surface area contributed by atoms with Crippen molar-refractivity contribution in [2.45, 2.75) is 45.3 Å². The van der Waals surface area contributed by atoms with Crippen molar-refractivity contribution in [2.24, 2.45) is 0 Å². The smallest absolute Gasteiger partial charge is 0.408 e. The summed E-state index contributed by atoms with van der Waals surface area (Å²) in [5.74, 6) is -0.351. The molecule has 0 unspecified atom stereocenters. The van der Waals surface area contributed by atoms with Gasteiger partial charge in [0.1, 0.15) is 12.1 Å². The number of rotatable bonds is 4. The van der Waals surface area contributed by atoms with Gasteiger partial charge in [-0.05, 0) is 39.7 Å². The molecule has 7 heteroatoms. The maximum Gasteiger partial charge on any atom is 0.408 e. The van der Waals surface area contributed by atoms with Crippen LogP contribution in [-0.4, -0.2) is 54.1 Å². The number of piperidine rings is 1. The predicted molar refractivity (Wildman–Crippen MR) is 82.2 cm³/mol. The molecule has 1 aliphatic heterocycles. The van der Waals surface area contributed by atoms with Crippen LogP contribution in [-0.2, 0) is 14.3 Å². The zero-order chi connectivity index (χ0) is 16.8. The lowest BCUT2D eigenvalue weighted by atomic mass is 10.0. The molecular formula is C15H25N3O4. The molecule has 0 spiro atoms. The molecule has 124 valence electrons. The Labute approximate surface area is 131 Å². The first kappa shape index (κ1) is 18.0. The van der Waals surface area contributed by atoms with Gasteiger partial charge in [0.15, 0.2) is 0 Å². The van der Waals surface area contributed by atoms with Gasteiger partial charge in [-0.15, -0.1) is 0 Å². The first-order valence-electron chi connectivity index (χ1n) is 7.39. The van der Waals surface area contributed by atoms with Crippen LogP contribution in [0.2, 0.25) is 0 Å². The van der Waals surface area contributed by atoms with E-state index in [4.69, 9.17) is 4.74 Å². The van der Waals surface area contributed by atoms with Crippen LogP contribution in [0, 0.1) is 0 Å². The number of carbonyl (C=O) groups excluding carboxylic acids is 3. The van der Waals surface area contributed by atoms with Gasteiger partial charge < -0.3 is 20.3 Å². The summed E-state index contributed by atoms with van der Waals surface area (Å²) in [6, 6.07) is 0.0633. The molecule has 22 heavy (non-hydrogen) atoms. The fourth-order valence-electron chi connectivity index (χ4n) is 2.11. The molecule has 0 bridgehead atoms. The number of amides is 3. The molecule has 2 N–H and O–H groups in total. The van der Waals surface area contributed by atoms with Gasteiger partial charge in [0.2, 0.25) is 11.8 Å². The Balaban J connectivity index is 2.29. The molecule has 0 aliphatic carbocycles. The molecule has 0 aromatic heterocycles. The number of nitrogens with one attached hydrogen (secondary N) is 2. The second-order valence-corrected chi connectivity index (χ2v) is 6.22. The number of hydrogen-bond acceptors (Lipinski definition) is 4. The number of ether oxygens (including phenoxy) is 1. The van der Waals surface area contributed by atoms with Crippen molar-refractivity contribution >= 4 is 17.9 Å². The van der Waals surface area contributed by atoms with Gasteiger partial charge in [0.25, 0.3) is 0 Å². The van der Waals surface area contributed by atoms with Crippen molar-refractivity contribution in [1.82, 2.24) is 15.5 Å². The van der Waals surface area contributed by atoms with Crippen molar-refractivity contribution < 1.29 is 19.1 Å². The standard InChI is InChI=1S/C15H25N3O4/c1-5-12(19)17-11-6-8-18(9-7-11)13(20)10-16-14(21)22-15(2,3)4/h5,11H,1,6-10H2,2-4H3,(H,16,21)(H,17,19). The molecular weight excluding hydrogens is 286 g/mol. The molecule has 0 radical (unpaired) electrons. The highest BCUT2D eigenvalue weighted by molar-refractivity contribution is 5.87. The summed E-state index contributed by atoms with van der Waals surface area (Å²) >= 11 is 0. The summed E-state index contributed by atoms with van der Waals surface area (Å²) in [5, 5.41) is 5.27. The second-order valence-electron chi connectivity index (χ2n) is 6.22. The number of likely N-dealkylation sites (tertiary alicyclic amines) is 1. The molecule has 1 aliphatic rings. The van der Waals surface area contributed by atoms with Crippen LogP contribution in [0.15, 0.2) is 12.7 Å². The van der Waals surface area contributed by atoms with Gasteiger partial charge in [-0.1, -0.05) is 6.58 Å². The Morgan fingerprint density at radius 2 is 1.86 bits per heavy atom. The van der Waals surface area contributed by atoms with Crippen molar-refractivity contribution in [1.29, 1.82) is 0 Å². The van der Waals surface area contributed by atoms with Gasteiger partial charge in [-0.25, -0.2) is 4.79 Å². The van der Waals surface area contributed by atoms with E-state index in [1.165, 1.54) is 6.08 Å². The molecule has 1 fully saturated rings. The molecule has 0 aromatic rings. The van der Waals surface area contributed by atoms with Gasteiger partial charge >= 0.3 is 6.09 Å². The van der Waals surface area contributed by atoms with E-state index >= 15 is 0 Å². The average molecular weight is 311 g/mol. The third kappa shape index (κ3) is 6.60. The summed E-state index contributed by atoms with van der Waals surface area (Å²) in [4.78, 5) is 36.4. The summed E-state index contributed by atoms with van der Waals surface area (Å²) in [7, 11) is 0. The van der Waals surface area contributed by atoms with Crippen LogP contribution in [0.25, 0.3) is 0 Å². The molecule has 0 atom stereocenters. The molecule has 7 nitrogen and oxygen atoms in total. The minimum absolute atomic E-state index is 0.0633. The fraction of sp³-hybridized carbons (Fsp3) is 0.667. The lowest BCUT2D eigenvalue weighted by Crippen LogP contribution is -2.49. The number of alkyl carbamates (subject to hydrolysis) is 1. The van der Waals surface area contributed by atoms with E-state index in [1.807, 2.05) is 0 Å². The summed E-state index contributed by atoms with van der Waals surface area (Å²) in [6.07, 6.45) is 2.02. The first-order chi connectivity index (χ1) is 10.2. The van der Waals surface area contributed by atoms with Crippen LogP contribution in [0.3, 0.4) is 0 Å². The normalized spacial score (nSPS) is 15.9. The topological polar surface area (TPSA) is 87.7 Å².